The molecule has 1 amide bonds. The first-order valence-corrected chi connectivity index (χ1v) is 13.5. The average molecular weight is 613 g/mol. The van der Waals surface area contributed by atoms with Crippen molar-refractivity contribution < 1.29 is 18.8 Å². The molecule has 39 heavy (non-hydrogen) atoms. The van der Waals surface area contributed by atoms with Gasteiger partial charge in [-0.1, -0.05) is 29.8 Å². The lowest BCUT2D eigenvalue weighted by Gasteiger charge is -2.23. The molecule has 1 fully saturated rings. The van der Waals surface area contributed by atoms with Crippen LogP contribution in [-0.2, 0) is 22.6 Å². The Labute approximate surface area is 237 Å². The van der Waals surface area contributed by atoms with Crippen LogP contribution < -0.4 is 0 Å². The molecule has 3 heterocycles. The van der Waals surface area contributed by atoms with E-state index in [0.717, 1.165) is 11.1 Å². The zero-order chi connectivity index (χ0) is 27.8. The molecule has 1 saturated heterocycles. The third-order valence-corrected chi connectivity index (χ3v) is 8.16. The number of Topliss-reactive ketones (excluding diaryl/α,β-unsaturated/α-hetero) is 2. The highest BCUT2D eigenvalue weighted by molar-refractivity contribution is 9.10. The van der Waals surface area contributed by atoms with Gasteiger partial charge >= 0.3 is 0 Å². The summed E-state index contributed by atoms with van der Waals surface area (Å²) in [5.74, 6) is -0.357. The Morgan fingerprint density at radius 3 is 2.59 bits per heavy atom. The van der Waals surface area contributed by atoms with Crippen molar-refractivity contribution in [3.05, 3.63) is 75.4 Å². The fourth-order valence-electron chi connectivity index (χ4n) is 4.86. The minimum atomic E-state index is -1.32. The second-order valence-electron chi connectivity index (χ2n) is 9.56. The molecule has 200 valence electrons. The van der Waals surface area contributed by atoms with Gasteiger partial charge in [0.05, 0.1) is 23.1 Å². The number of benzene rings is 2. The van der Waals surface area contributed by atoms with Crippen LogP contribution in [0.15, 0.2) is 53.3 Å². The molecule has 0 spiro atoms. The van der Waals surface area contributed by atoms with E-state index in [2.05, 4.69) is 31.0 Å². The van der Waals surface area contributed by atoms with Crippen LogP contribution in [0.25, 0.3) is 22.0 Å². The first-order chi connectivity index (χ1) is 18.6. The number of fused-ring (bicyclic) bond motifs is 1. The van der Waals surface area contributed by atoms with Crippen molar-refractivity contribution in [3.8, 4) is 11.1 Å². The van der Waals surface area contributed by atoms with Crippen molar-refractivity contribution in [3.63, 3.8) is 0 Å². The highest BCUT2D eigenvalue weighted by Gasteiger charge is 2.39. The van der Waals surface area contributed by atoms with E-state index in [9.17, 15) is 18.8 Å². The molecule has 8 nitrogen and oxygen atoms in total. The smallest absolute Gasteiger partial charge is 0.245 e. The maximum Gasteiger partial charge on any atom is 0.245 e. The molecule has 2 atom stereocenters. The minimum Gasteiger partial charge on any atom is -0.328 e. The number of rotatable bonds is 7. The Balaban J connectivity index is 1.41. The minimum absolute atomic E-state index is 0.0237. The number of halogens is 3. The van der Waals surface area contributed by atoms with Crippen molar-refractivity contribution in [2.24, 2.45) is 0 Å². The van der Waals surface area contributed by atoms with Crippen molar-refractivity contribution in [1.29, 1.82) is 0 Å². The molecule has 0 unspecified atom stereocenters. The maximum absolute atomic E-state index is 14.5. The first kappa shape index (κ1) is 27.1. The Morgan fingerprint density at radius 2 is 1.87 bits per heavy atom. The predicted molar refractivity (Wildman–Crippen MR) is 148 cm³/mol. The van der Waals surface area contributed by atoms with Gasteiger partial charge < -0.3 is 4.90 Å². The average Bonchev–Trinajstić information content (AvgIpc) is 3.48. The van der Waals surface area contributed by atoms with Gasteiger partial charge in [-0.3, -0.25) is 19.1 Å². The molecule has 0 aliphatic carbocycles. The van der Waals surface area contributed by atoms with Gasteiger partial charge in [0.25, 0.3) is 0 Å². The lowest BCUT2D eigenvalue weighted by atomic mass is 10.0. The number of hydrogen-bond donors (Lipinski definition) is 0. The van der Waals surface area contributed by atoms with Gasteiger partial charge in [-0.25, -0.2) is 14.4 Å². The van der Waals surface area contributed by atoms with Crippen LogP contribution in [0.2, 0.25) is 5.02 Å². The second-order valence-corrected chi connectivity index (χ2v) is 10.8. The molecule has 0 saturated carbocycles. The fraction of sp³-hybridized carbons (Fsp3) is 0.286. The summed E-state index contributed by atoms with van der Waals surface area (Å²) in [6.45, 7) is 2.77. The number of carbonyl (C=O) groups excluding carboxylic acids is 3. The number of aryl methyl sites for hydroxylation is 1. The second kappa shape index (κ2) is 10.9. The summed E-state index contributed by atoms with van der Waals surface area (Å²) in [7, 11) is 0. The van der Waals surface area contributed by atoms with Crippen LogP contribution in [0, 0.1) is 6.92 Å². The SMILES string of the molecule is CC(=O)c1nn(CC(=O)N2C[C@H](F)C[C@H]2C(=O)Cc2cccc(Br)c2Cl)c2ccc(-c3cnc(C)nc3)cc12. The van der Waals surface area contributed by atoms with Crippen molar-refractivity contribution in [2.75, 3.05) is 6.54 Å². The van der Waals surface area contributed by atoms with Crippen LogP contribution in [0.1, 0.15) is 35.2 Å². The summed E-state index contributed by atoms with van der Waals surface area (Å²) < 4.78 is 16.6. The molecular weight excluding hydrogens is 589 g/mol. The normalized spacial score (nSPS) is 17.1. The van der Waals surface area contributed by atoms with Gasteiger partial charge in [-0.15, -0.1) is 0 Å². The van der Waals surface area contributed by atoms with E-state index in [1.165, 1.54) is 16.5 Å². The lowest BCUT2D eigenvalue weighted by molar-refractivity contribution is -0.138. The van der Waals surface area contributed by atoms with E-state index in [0.29, 0.717) is 31.8 Å². The highest BCUT2D eigenvalue weighted by atomic mass is 79.9. The zero-order valence-corrected chi connectivity index (χ0v) is 23.5. The maximum atomic E-state index is 14.5. The molecule has 0 N–H and O–H groups in total. The highest BCUT2D eigenvalue weighted by Crippen LogP contribution is 2.30. The molecule has 0 bridgehead atoms. The summed E-state index contributed by atoms with van der Waals surface area (Å²) in [4.78, 5) is 48.7. The number of likely N-dealkylation sites (tertiary alicyclic amines) is 1. The topological polar surface area (TPSA) is 98.1 Å². The van der Waals surface area contributed by atoms with Gasteiger partial charge in [0.15, 0.2) is 11.6 Å². The quantitative estimate of drug-likeness (QED) is 0.267. The van der Waals surface area contributed by atoms with Gasteiger partial charge in [-0.2, -0.15) is 5.10 Å². The van der Waals surface area contributed by atoms with Crippen LogP contribution in [0.5, 0.6) is 0 Å². The molecule has 5 rings (SSSR count). The van der Waals surface area contributed by atoms with E-state index in [-0.39, 0.29) is 43.2 Å². The third-order valence-electron chi connectivity index (χ3n) is 6.82. The van der Waals surface area contributed by atoms with Crippen molar-refractivity contribution >= 4 is 55.9 Å². The summed E-state index contributed by atoms with van der Waals surface area (Å²) in [6.07, 6.45) is 1.98. The van der Waals surface area contributed by atoms with Crippen molar-refractivity contribution in [1.82, 2.24) is 24.6 Å². The van der Waals surface area contributed by atoms with E-state index >= 15 is 0 Å². The van der Waals surface area contributed by atoms with E-state index < -0.39 is 18.1 Å². The van der Waals surface area contributed by atoms with E-state index in [1.54, 1.807) is 43.6 Å². The zero-order valence-electron chi connectivity index (χ0n) is 21.2. The number of alkyl halides is 1. The monoisotopic (exact) mass is 611 g/mol. The molecular formula is C28H24BrClFN5O3. The Morgan fingerprint density at radius 1 is 1.13 bits per heavy atom. The summed E-state index contributed by atoms with van der Waals surface area (Å²) >= 11 is 9.67. The standard InChI is InChI=1S/C28H24BrClFN5O3/c1-15(37)28-21-8-17(19-11-32-16(2)33-12-19)6-7-23(21)36(34-28)14-26(39)35-13-20(31)10-24(35)25(38)9-18-4-3-5-22(29)27(18)30/h3-8,11-12,20,24H,9-10,13-14H2,1-2H3/t20-,24+/m1/s1. The summed E-state index contributed by atoms with van der Waals surface area (Å²) in [5.41, 5.74) is 2.97. The molecule has 4 aromatic rings. The largest absolute Gasteiger partial charge is 0.328 e. The van der Waals surface area contributed by atoms with Crippen LogP contribution >= 0.6 is 27.5 Å². The Hall–Kier alpha value is -3.50. The van der Waals surface area contributed by atoms with Crippen LogP contribution in [-0.4, -0.2) is 60.9 Å². The molecule has 1 aliphatic heterocycles. The fourth-order valence-corrected chi connectivity index (χ4v) is 5.46. The number of carbonyl (C=O) groups is 3. The summed E-state index contributed by atoms with van der Waals surface area (Å²) in [5, 5.41) is 5.40. The van der Waals surface area contributed by atoms with Gasteiger partial charge in [-0.05, 0) is 52.2 Å². The predicted octanol–water partition coefficient (Wildman–Crippen LogP) is 5.17. The number of amides is 1. The number of ketones is 2. The molecule has 2 aromatic heterocycles. The Bertz CT molecular complexity index is 1610. The molecule has 11 heteroatoms. The van der Waals surface area contributed by atoms with E-state index in [1.807, 2.05) is 12.1 Å². The lowest BCUT2D eigenvalue weighted by Crippen LogP contribution is -2.43. The van der Waals surface area contributed by atoms with Crippen LogP contribution in [0.3, 0.4) is 0 Å². The van der Waals surface area contributed by atoms with Gasteiger partial charge in [0.2, 0.25) is 5.91 Å². The molecule has 2 aromatic carbocycles. The van der Waals surface area contributed by atoms with Gasteiger partial charge in [0.1, 0.15) is 24.2 Å². The number of aromatic nitrogens is 4. The van der Waals surface area contributed by atoms with E-state index in [4.69, 9.17) is 11.6 Å². The van der Waals surface area contributed by atoms with Crippen LogP contribution in [0.4, 0.5) is 4.39 Å². The Kier molecular flexibility index (Phi) is 7.59. The molecule has 1 aliphatic rings. The number of hydrogen-bond acceptors (Lipinski definition) is 6. The van der Waals surface area contributed by atoms with Gasteiger partial charge in [0, 0.05) is 47.6 Å². The summed E-state index contributed by atoms with van der Waals surface area (Å²) in [6, 6.07) is 9.78. The number of nitrogens with zero attached hydrogens (tertiary/aromatic N) is 5. The third kappa shape index (κ3) is 5.49. The van der Waals surface area contributed by atoms with Crippen molar-refractivity contribution in [2.45, 2.75) is 45.4 Å². The first-order valence-electron chi connectivity index (χ1n) is 12.3. The molecule has 0 radical (unpaired) electrons.